The number of benzene rings is 1. The fraction of sp³-hybridized carbons (Fsp3) is 0.429. The zero-order chi connectivity index (χ0) is 13.4. The molecule has 2 N–H and O–H groups in total. The predicted octanol–water partition coefficient (Wildman–Crippen LogP) is 1.32. The highest BCUT2D eigenvalue weighted by Gasteiger charge is 2.19. The summed E-state index contributed by atoms with van der Waals surface area (Å²) in [6.07, 6.45) is 0.875. The first-order valence-corrected chi connectivity index (χ1v) is 6.14. The molecule has 4 nitrogen and oxygen atoms in total. The van der Waals surface area contributed by atoms with Crippen molar-refractivity contribution in [1.29, 1.82) is 5.26 Å². The van der Waals surface area contributed by atoms with Gasteiger partial charge in [-0.1, -0.05) is 30.3 Å². The number of nitrogens with zero attached hydrogens (tertiary/aromatic N) is 2. The number of hydrogen-bond donors (Lipinski definition) is 1. The minimum Gasteiger partial charge on any atom is -0.341 e. The van der Waals surface area contributed by atoms with E-state index in [1.54, 1.807) is 4.90 Å². The van der Waals surface area contributed by atoms with Gasteiger partial charge in [-0.15, -0.1) is 0 Å². The molecular weight excluding hydrogens is 226 g/mol. The van der Waals surface area contributed by atoms with Crippen molar-refractivity contribution in [3.8, 4) is 6.07 Å². The Labute approximate surface area is 108 Å². The maximum absolute atomic E-state index is 12.1. The number of carbonyl (C=O) groups is 1. The molecule has 0 aliphatic rings. The molecule has 4 heteroatoms. The molecule has 1 rings (SSSR count). The second-order valence-corrected chi connectivity index (χ2v) is 4.12. The molecule has 1 unspecified atom stereocenters. The third-order valence-corrected chi connectivity index (χ3v) is 2.80. The van der Waals surface area contributed by atoms with Crippen LogP contribution in [0, 0.1) is 11.3 Å². The minimum atomic E-state index is -0.536. The summed E-state index contributed by atoms with van der Waals surface area (Å²) in [5.41, 5.74) is 6.97. The summed E-state index contributed by atoms with van der Waals surface area (Å²) in [6, 6.07) is 11.2. The maximum atomic E-state index is 12.1. The van der Waals surface area contributed by atoms with Crippen LogP contribution in [0.15, 0.2) is 30.3 Å². The minimum absolute atomic E-state index is 0.0865. The molecular formula is C14H19N3O. The van der Waals surface area contributed by atoms with Crippen LogP contribution in [0.2, 0.25) is 0 Å². The standard InChI is InChI=1S/C14H19N3O/c1-2-17(10-6-9-15)14(18)13(16)11-12-7-4-3-5-8-12/h3-5,7-8,13H,2,6,10-11,16H2,1H3. The molecule has 0 heterocycles. The summed E-state index contributed by atoms with van der Waals surface area (Å²) in [4.78, 5) is 13.7. The summed E-state index contributed by atoms with van der Waals surface area (Å²) in [7, 11) is 0. The van der Waals surface area contributed by atoms with Gasteiger partial charge in [-0.05, 0) is 18.9 Å². The molecule has 96 valence electrons. The molecule has 0 aliphatic heterocycles. The molecule has 18 heavy (non-hydrogen) atoms. The highest BCUT2D eigenvalue weighted by Crippen LogP contribution is 2.04. The van der Waals surface area contributed by atoms with E-state index in [0.717, 1.165) is 5.56 Å². The number of likely N-dealkylation sites (N-methyl/N-ethyl adjacent to an activating group) is 1. The lowest BCUT2D eigenvalue weighted by Crippen LogP contribution is -2.45. The first-order valence-electron chi connectivity index (χ1n) is 6.14. The Morgan fingerprint density at radius 1 is 1.44 bits per heavy atom. The van der Waals surface area contributed by atoms with Gasteiger partial charge in [0.25, 0.3) is 0 Å². The van der Waals surface area contributed by atoms with Crippen molar-refractivity contribution in [3.05, 3.63) is 35.9 Å². The Hall–Kier alpha value is -1.86. The summed E-state index contributed by atoms with van der Waals surface area (Å²) >= 11 is 0. The van der Waals surface area contributed by atoms with Crippen LogP contribution in [-0.4, -0.2) is 29.9 Å². The van der Waals surface area contributed by atoms with Crippen molar-refractivity contribution in [2.45, 2.75) is 25.8 Å². The highest BCUT2D eigenvalue weighted by atomic mass is 16.2. The van der Waals surface area contributed by atoms with E-state index >= 15 is 0 Å². The van der Waals surface area contributed by atoms with E-state index in [9.17, 15) is 4.79 Å². The second kappa shape index (κ2) is 7.46. The Bertz CT molecular complexity index is 411. The molecule has 0 saturated heterocycles. The van der Waals surface area contributed by atoms with E-state index in [-0.39, 0.29) is 5.91 Å². The molecule has 0 bridgehead atoms. The van der Waals surface area contributed by atoms with E-state index in [1.165, 1.54) is 0 Å². The molecule has 0 radical (unpaired) electrons. The van der Waals surface area contributed by atoms with Crippen molar-refractivity contribution < 1.29 is 4.79 Å². The smallest absolute Gasteiger partial charge is 0.239 e. The van der Waals surface area contributed by atoms with Gasteiger partial charge < -0.3 is 10.6 Å². The fourth-order valence-electron chi connectivity index (χ4n) is 1.80. The van der Waals surface area contributed by atoms with Crippen molar-refractivity contribution in [2.24, 2.45) is 5.73 Å². The molecule has 1 atom stereocenters. The molecule has 0 fully saturated rings. The van der Waals surface area contributed by atoms with Gasteiger partial charge in [0.15, 0.2) is 0 Å². The summed E-state index contributed by atoms with van der Waals surface area (Å²) in [5.74, 6) is -0.0865. The van der Waals surface area contributed by atoms with Gasteiger partial charge in [0.2, 0.25) is 5.91 Å². The van der Waals surface area contributed by atoms with Crippen LogP contribution in [0.5, 0.6) is 0 Å². The zero-order valence-electron chi connectivity index (χ0n) is 10.7. The van der Waals surface area contributed by atoms with Gasteiger partial charge in [-0.25, -0.2) is 0 Å². The van der Waals surface area contributed by atoms with E-state index in [0.29, 0.717) is 25.9 Å². The predicted molar refractivity (Wildman–Crippen MR) is 70.6 cm³/mol. The van der Waals surface area contributed by atoms with Gasteiger partial charge in [-0.3, -0.25) is 4.79 Å². The van der Waals surface area contributed by atoms with Crippen LogP contribution in [0.4, 0.5) is 0 Å². The van der Waals surface area contributed by atoms with E-state index in [2.05, 4.69) is 0 Å². The summed E-state index contributed by atoms with van der Waals surface area (Å²) in [5, 5.41) is 8.55. The average molecular weight is 245 g/mol. The van der Waals surface area contributed by atoms with Crippen LogP contribution >= 0.6 is 0 Å². The normalized spacial score (nSPS) is 11.6. The van der Waals surface area contributed by atoms with E-state index < -0.39 is 6.04 Å². The Kier molecular flexibility index (Phi) is 5.89. The lowest BCUT2D eigenvalue weighted by atomic mass is 10.1. The Morgan fingerprint density at radius 2 is 2.11 bits per heavy atom. The lowest BCUT2D eigenvalue weighted by Gasteiger charge is -2.23. The molecule has 0 saturated carbocycles. The van der Waals surface area contributed by atoms with Gasteiger partial charge in [0.1, 0.15) is 0 Å². The topological polar surface area (TPSA) is 70.1 Å². The van der Waals surface area contributed by atoms with E-state index in [1.807, 2.05) is 43.3 Å². The molecule has 1 aromatic carbocycles. The number of nitrogens with two attached hydrogens (primary N) is 1. The fourth-order valence-corrected chi connectivity index (χ4v) is 1.80. The number of carbonyl (C=O) groups excluding carboxylic acids is 1. The molecule has 1 amide bonds. The third kappa shape index (κ3) is 4.19. The summed E-state index contributed by atoms with van der Waals surface area (Å²) in [6.45, 7) is 2.93. The van der Waals surface area contributed by atoms with E-state index in [4.69, 9.17) is 11.0 Å². The first-order chi connectivity index (χ1) is 8.69. The average Bonchev–Trinajstić information content (AvgIpc) is 2.40. The van der Waals surface area contributed by atoms with Crippen LogP contribution in [0.3, 0.4) is 0 Å². The van der Waals surface area contributed by atoms with Crippen molar-refractivity contribution >= 4 is 5.91 Å². The van der Waals surface area contributed by atoms with Crippen molar-refractivity contribution in [1.82, 2.24) is 4.90 Å². The maximum Gasteiger partial charge on any atom is 0.239 e. The molecule has 0 aromatic heterocycles. The van der Waals surface area contributed by atoms with Crippen molar-refractivity contribution in [2.75, 3.05) is 13.1 Å². The zero-order valence-corrected chi connectivity index (χ0v) is 10.7. The Morgan fingerprint density at radius 3 is 2.67 bits per heavy atom. The molecule has 0 spiro atoms. The van der Waals surface area contributed by atoms with Crippen molar-refractivity contribution in [3.63, 3.8) is 0 Å². The highest BCUT2D eigenvalue weighted by molar-refractivity contribution is 5.82. The first kappa shape index (κ1) is 14.2. The number of amides is 1. The number of nitriles is 1. The van der Waals surface area contributed by atoms with Gasteiger partial charge in [-0.2, -0.15) is 5.26 Å². The van der Waals surface area contributed by atoms with Crippen LogP contribution in [0.25, 0.3) is 0 Å². The Balaban J connectivity index is 2.57. The van der Waals surface area contributed by atoms with Gasteiger partial charge in [0.05, 0.1) is 18.5 Å². The molecule has 0 aliphatic carbocycles. The van der Waals surface area contributed by atoms with Gasteiger partial charge >= 0.3 is 0 Å². The second-order valence-electron chi connectivity index (χ2n) is 4.12. The lowest BCUT2D eigenvalue weighted by molar-refractivity contribution is -0.132. The monoisotopic (exact) mass is 245 g/mol. The summed E-state index contributed by atoms with van der Waals surface area (Å²) < 4.78 is 0. The SMILES string of the molecule is CCN(CCC#N)C(=O)C(N)Cc1ccccc1. The van der Waals surface area contributed by atoms with Gasteiger partial charge in [0, 0.05) is 13.1 Å². The largest absolute Gasteiger partial charge is 0.341 e. The number of rotatable bonds is 6. The molecule has 1 aromatic rings. The quantitative estimate of drug-likeness (QED) is 0.821. The number of hydrogen-bond acceptors (Lipinski definition) is 3. The third-order valence-electron chi connectivity index (χ3n) is 2.80. The van der Waals surface area contributed by atoms with Crippen LogP contribution in [0.1, 0.15) is 18.9 Å². The van der Waals surface area contributed by atoms with Crippen LogP contribution in [-0.2, 0) is 11.2 Å². The van der Waals surface area contributed by atoms with Crippen LogP contribution < -0.4 is 5.73 Å².